The van der Waals surface area contributed by atoms with Crippen LogP contribution in [-0.2, 0) is 4.79 Å². The zero-order chi connectivity index (χ0) is 19.2. The maximum atomic E-state index is 12.9. The first-order valence-electron chi connectivity index (χ1n) is 9.51. The molecule has 0 aromatic heterocycles. The number of carbonyl (C=O) groups excluding carboxylic acids is 2. The number of ketones is 1. The van der Waals surface area contributed by atoms with Gasteiger partial charge in [0.1, 0.15) is 0 Å². The second-order valence-electron chi connectivity index (χ2n) is 7.10. The van der Waals surface area contributed by atoms with Gasteiger partial charge in [-0.05, 0) is 38.0 Å². The normalized spacial score (nSPS) is 15.9. The van der Waals surface area contributed by atoms with Gasteiger partial charge in [-0.15, -0.1) is 0 Å². The van der Waals surface area contributed by atoms with Crippen LogP contribution in [-0.4, -0.2) is 23.8 Å². The van der Waals surface area contributed by atoms with Gasteiger partial charge in [0, 0.05) is 21.6 Å². The van der Waals surface area contributed by atoms with Crippen LogP contribution in [0.5, 0.6) is 0 Å². The molecule has 142 valence electrons. The number of carbonyl (C=O) groups is 2. The molecular weight excluding hydrogens is 404 g/mol. The van der Waals surface area contributed by atoms with Crippen molar-refractivity contribution in [3.05, 3.63) is 64.1 Å². The molecule has 5 heteroatoms. The van der Waals surface area contributed by atoms with Crippen LogP contribution >= 0.6 is 15.9 Å². The van der Waals surface area contributed by atoms with E-state index in [1.54, 1.807) is 24.3 Å². The van der Waals surface area contributed by atoms with Crippen molar-refractivity contribution in [2.75, 3.05) is 5.32 Å². The molecule has 4 nitrogen and oxygen atoms in total. The molecule has 0 aliphatic heterocycles. The van der Waals surface area contributed by atoms with Gasteiger partial charge in [-0.1, -0.05) is 65.5 Å². The molecule has 2 aromatic rings. The summed E-state index contributed by atoms with van der Waals surface area (Å²) in [6.07, 6.45) is 5.95. The molecule has 1 unspecified atom stereocenters. The Kier molecular flexibility index (Phi) is 6.80. The fourth-order valence-electron chi connectivity index (χ4n) is 3.50. The summed E-state index contributed by atoms with van der Waals surface area (Å²) in [5, 5.41) is 6.36. The number of hydrogen-bond acceptors (Lipinski definition) is 3. The van der Waals surface area contributed by atoms with Crippen molar-refractivity contribution in [3.63, 3.8) is 0 Å². The van der Waals surface area contributed by atoms with Crippen molar-refractivity contribution in [3.8, 4) is 0 Å². The Hall–Kier alpha value is -1.98. The van der Waals surface area contributed by atoms with Crippen LogP contribution < -0.4 is 10.6 Å². The minimum absolute atomic E-state index is 0.111. The highest BCUT2D eigenvalue weighted by atomic mass is 79.9. The summed E-state index contributed by atoms with van der Waals surface area (Å²) < 4.78 is 0.799. The first kappa shape index (κ1) is 19.8. The van der Waals surface area contributed by atoms with Gasteiger partial charge in [-0.2, -0.15) is 0 Å². The largest absolute Gasteiger partial charge is 0.324 e. The molecule has 27 heavy (non-hydrogen) atoms. The van der Waals surface area contributed by atoms with E-state index < -0.39 is 0 Å². The van der Waals surface area contributed by atoms with Gasteiger partial charge in [-0.25, -0.2) is 0 Å². The second-order valence-corrected chi connectivity index (χ2v) is 8.01. The van der Waals surface area contributed by atoms with E-state index in [1.165, 1.54) is 19.3 Å². The van der Waals surface area contributed by atoms with Gasteiger partial charge in [0.15, 0.2) is 5.78 Å². The van der Waals surface area contributed by atoms with Gasteiger partial charge >= 0.3 is 0 Å². The molecule has 0 radical (unpaired) electrons. The van der Waals surface area contributed by atoms with E-state index in [1.807, 2.05) is 31.2 Å². The molecular formula is C22H25BrN2O2. The van der Waals surface area contributed by atoms with E-state index in [-0.39, 0.29) is 17.7 Å². The monoisotopic (exact) mass is 428 g/mol. The summed E-state index contributed by atoms with van der Waals surface area (Å²) in [5.74, 6) is -0.231. The van der Waals surface area contributed by atoms with Crippen molar-refractivity contribution in [2.24, 2.45) is 0 Å². The SMILES string of the molecule is CC(NC1CCCCC1)C(=O)Nc1ccc(Br)cc1C(=O)c1ccccc1. The van der Waals surface area contributed by atoms with E-state index in [2.05, 4.69) is 26.6 Å². The molecule has 0 bridgehead atoms. The lowest BCUT2D eigenvalue weighted by atomic mass is 9.95. The van der Waals surface area contributed by atoms with E-state index in [0.717, 1.165) is 17.3 Å². The molecule has 1 amide bonds. The maximum absolute atomic E-state index is 12.9. The van der Waals surface area contributed by atoms with E-state index in [9.17, 15) is 9.59 Å². The number of halogens is 1. The number of rotatable bonds is 6. The molecule has 2 N–H and O–H groups in total. The average molecular weight is 429 g/mol. The van der Waals surface area contributed by atoms with Crippen LogP contribution in [0.1, 0.15) is 54.9 Å². The minimum Gasteiger partial charge on any atom is -0.324 e. The van der Waals surface area contributed by atoms with Crippen molar-refractivity contribution < 1.29 is 9.59 Å². The highest BCUT2D eigenvalue weighted by Crippen LogP contribution is 2.24. The smallest absolute Gasteiger partial charge is 0.241 e. The lowest BCUT2D eigenvalue weighted by Crippen LogP contribution is -2.44. The predicted molar refractivity (Wildman–Crippen MR) is 112 cm³/mol. The van der Waals surface area contributed by atoms with Crippen molar-refractivity contribution >= 4 is 33.3 Å². The molecule has 0 heterocycles. The first-order valence-corrected chi connectivity index (χ1v) is 10.3. The molecule has 1 saturated carbocycles. The number of benzene rings is 2. The van der Waals surface area contributed by atoms with Crippen LogP contribution in [0.2, 0.25) is 0 Å². The van der Waals surface area contributed by atoms with Gasteiger partial charge in [0.05, 0.1) is 11.7 Å². The van der Waals surface area contributed by atoms with Gasteiger partial charge < -0.3 is 10.6 Å². The highest BCUT2D eigenvalue weighted by Gasteiger charge is 2.22. The van der Waals surface area contributed by atoms with Crippen LogP contribution in [0.3, 0.4) is 0 Å². The standard InChI is InChI=1S/C22H25BrN2O2/c1-15(24-18-10-6-3-7-11-18)22(27)25-20-13-12-17(23)14-19(20)21(26)16-8-4-2-5-9-16/h2,4-5,8-9,12-15,18,24H,3,6-7,10-11H2,1H3,(H,25,27). The van der Waals surface area contributed by atoms with Crippen LogP contribution in [0.15, 0.2) is 53.0 Å². The summed E-state index contributed by atoms with van der Waals surface area (Å²) >= 11 is 3.42. The first-order chi connectivity index (χ1) is 13.0. The molecule has 1 atom stereocenters. The fourth-order valence-corrected chi connectivity index (χ4v) is 3.86. The van der Waals surface area contributed by atoms with E-state index in [0.29, 0.717) is 22.9 Å². The second kappa shape index (κ2) is 9.29. The van der Waals surface area contributed by atoms with Crippen LogP contribution in [0.25, 0.3) is 0 Å². The Morgan fingerprint density at radius 1 is 1.04 bits per heavy atom. The fraction of sp³-hybridized carbons (Fsp3) is 0.364. The van der Waals surface area contributed by atoms with Crippen LogP contribution in [0, 0.1) is 0 Å². The third kappa shape index (κ3) is 5.27. The molecule has 1 fully saturated rings. The Labute approximate surface area is 168 Å². The number of hydrogen-bond donors (Lipinski definition) is 2. The summed E-state index contributed by atoms with van der Waals surface area (Å²) in [5.41, 5.74) is 1.61. The molecule has 1 aliphatic carbocycles. The van der Waals surface area contributed by atoms with Crippen molar-refractivity contribution in [2.45, 2.75) is 51.1 Å². The molecule has 1 aliphatic rings. The molecule has 3 rings (SSSR count). The quantitative estimate of drug-likeness (QED) is 0.641. The van der Waals surface area contributed by atoms with E-state index >= 15 is 0 Å². The maximum Gasteiger partial charge on any atom is 0.241 e. The summed E-state index contributed by atoms with van der Waals surface area (Å²) in [7, 11) is 0. The van der Waals surface area contributed by atoms with Gasteiger partial charge in [0.2, 0.25) is 5.91 Å². The van der Waals surface area contributed by atoms with Crippen LogP contribution in [0.4, 0.5) is 5.69 Å². The van der Waals surface area contributed by atoms with E-state index in [4.69, 9.17) is 0 Å². The minimum atomic E-state index is -0.309. The third-order valence-electron chi connectivity index (χ3n) is 5.00. The lowest BCUT2D eigenvalue weighted by molar-refractivity contribution is -0.118. The Balaban J connectivity index is 1.74. The number of anilines is 1. The average Bonchev–Trinajstić information content (AvgIpc) is 2.70. The Morgan fingerprint density at radius 3 is 2.44 bits per heavy atom. The summed E-state index contributed by atoms with van der Waals surface area (Å²) in [6, 6.07) is 14.5. The molecule has 0 spiro atoms. The Bertz CT molecular complexity index is 801. The van der Waals surface area contributed by atoms with Gasteiger partial charge in [-0.3, -0.25) is 9.59 Å². The summed E-state index contributed by atoms with van der Waals surface area (Å²) in [6.45, 7) is 1.88. The third-order valence-corrected chi connectivity index (χ3v) is 5.50. The van der Waals surface area contributed by atoms with Crippen molar-refractivity contribution in [1.29, 1.82) is 0 Å². The molecule has 2 aromatic carbocycles. The number of nitrogens with one attached hydrogen (secondary N) is 2. The Morgan fingerprint density at radius 2 is 1.74 bits per heavy atom. The van der Waals surface area contributed by atoms with Crippen molar-refractivity contribution in [1.82, 2.24) is 5.32 Å². The number of amides is 1. The predicted octanol–water partition coefficient (Wildman–Crippen LogP) is 4.93. The molecule has 0 saturated heterocycles. The lowest BCUT2D eigenvalue weighted by Gasteiger charge is -2.26. The highest BCUT2D eigenvalue weighted by molar-refractivity contribution is 9.10. The topological polar surface area (TPSA) is 58.2 Å². The zero-order valence-corrected chi connectivity index (χ0v) is 17.1. The van der Waals surface area contributed by atoms with Gasteiger partial charge in [0.25, 0.3) is 0 Å². The summed E-state index contributed by atoms with van der Waals surface area (Å²) in [4.78, 5) is 25.6. The zero-order valence-electron chi connectivity index (χ0n) is 15.5.